The minimum absolute atomic E-state index is 0.0644. The molecule has 0 saturated heterocycles. The molecule has 0 unspecified atom stereocenters. The van der Waals surface area contributed by atoms with Gasteiger partial charge in [0.25, 0.3) is 0 Å². The third-order valence-corrected chi connectivity index (χ3v) is 3.61. The third kappa shape index (κ3) is 2.28. The molecular weight excluding hydrogens is 334 g/mol. The summed E-state index contributed by atoms with van der Waals surface area (Å²) in [7, 11) is 0. The monoisotopic (exact) mass is 341 g/mol. The van der Waals surface area contributed by atoms with E-state index in [0.717, 1.165) is 25.4 Å². The standard InChI is InChI=1S/C12H9Br2NO/c1-7(16)15-8-2-3-9-10(6-8)12(14)5-4-11(9)13/h2-6H,1H3,(H,15,16). The molecule has 2 nitrogen and oxygen atoms in total. The lowest BCUT2D eigenvalue weighted by Gasteiger charge is -2.07. The van der Waals surface area contributed by atoms with Gasteiger partial charge in [-0.3, -0.25) is 4.79 Å². The fourth-order valence-corrected chi connectivity index (χ4v) is 2.50. The van der Waals surface area contributed by atoms with Gasteiger partial charge in [-0.1, -0.05) is 37.9 Å². The van der Waals surface area contributed by atoms with Crippen molar-refractivity contribution in [3.05, 3.63) is 39.3 Å². The topological polar surface area (TPSA) is 29.1 Å². The van der Waals surface area contributed by atoms with Crippen LogP contribution in [0.4, 0.5) is 5.69 Å². The molecule has 0 atom stereocenters. The number of halogens is 2. The number of anilines is 1. The normalized spacial score (nSPS) is 10.4. The Kier molecular flexibility index (Phi) is 3.30. The first-order valence-corrected chi connectivity index (χ1v) is 6.32. The molecule has 0 aromatic heterocycles. The van der Waals surface area contributed by atoms with Gasteiger partial charge in [0.2, 0.25) is 5.91 Å². The van der Waals surface area contributed by atoms with Crippen LogP contribution in [0.1, 0.15) is 6.92 Å². The summed E-state index contributed by atoms with van der Waals surface area (Å²) in [4.78, 5) is 11.0. The average molecular weight is 343 g/mol. The van der Waals surface area contributed by atoms with Crippen LogP contribution < -0.4 is 5.32 Å². The number of benzene rings is 2. The van der Waals surface area contributed by atoms with E-state index in [-0.39, 0.29) is 5.91 Å². The van der Waals surface area contributed by atoms with Crippen LogP contribution in [0.2, 0.25) is 0 Å². The van der Waals surface area contributed by atoms with E-state index in [1.54, 1.807) is 0 Å². The molecule has 0 aliphatic carbocycles. The van der Waals surface area contributed by atoms with E-state index in [4.69, 9.17) is 0 Å². The van der Waals surface area contributed by atoms with Crippen LogP contribution in [0.3, 0.4) is 0 Å². The molecule has 0 aliphatic rings. The number of hydrogen-bond acceptors (Lipinski definition) is 1. The number of carbonyl (C=O) groups is 1. The molecule has 0 heterocycles. The van der Waals surface area contributed by atoms with E-state index < -0.39 is 0 Å². The molecule has 1 N–H and O–H groups in total. The number of amides is 1. The maximum absolute atomic E-state index is 11.0. The molecule has 0 aliphatic heterocycles. The molecule has 0 radical (unpaired) electrons. The maximum Gasteiger partial charge on any atom is 0.221 e. The Hall–Kier alpha value is -0.870. The average Bonchev–Trinajstić information content (AvgIpc) is 2.23. The van der Waals surface area contributed by atoms with Crippen LogP contribution in [0, 0.1) is 0 Å². The molecule has 2 rings (SSSR count). The molecule has 0 bridgehead atoms. The van der Waals surface area contributed by atoms with Gasteiger partial charge in [-0.05, 0) is 35.0 Å². The lowest BCUT2D eigenvalue weighted by molar-refractivity contribution is -0.114. The SMILES string of the molecule is CC(=O)Nc1ccc2c(Br)ccc(Br)c2c1. The highest BCUT2D eigenvalue weighted by molar-refractivity contribution is 9.11. The Morgan fingerprint density at radius 2 is 1.69 bits per heavy atom. The number of fused-ring (bicyclic) bond motifs is 1. The van der Waals surface area contributed by atoms with E-state index >= 15 is 0 Å². The molecule has 0 spiro atoms. The summed E-state index contributed by atoms with van der Waals surface area (Å²) in [6, 6.07) is 9.79. The zero-order valence-electron chi connectivity index (χ0n) is 8.55. The van der Waals surface area contributed by atoms with Gasteiger partial charge in [0.15, 0.2) is 0 Å². The second-order valence-corrected chi connectivity index (χ2v) is 5.18. The van der Waals surface area contributed by atoms with Crippen molar-refractivity contribution in [3.63, 3.8) is 0 Å². The Labute approximate surface area is 110 Å². The van der Waals surface area contributed by atoms with Crippen LogP contribution in [-0.2, 0) is 4.79 Å². The summed E-state index contributed by atoms with van der Waals surface area (Å²) in [5.74, 6) is -0.0644. The molecule has 82 valence electrons. The first kappa shape index (κ1) is 11.6. The van der Waals surface area contributed by atoms with Crippen molar-refractivity contribution in [3.8, 4) is 0 Å². The predicted octanol–water partition coefficient (Wildman–Crippen LogP) is 4.32. The molecular formula is C12H9Br2NO. The van der Waals surface area contributed by atoms with Crippen LogP contribution in [0.25, 0.3) is 10.8 Å². The summed E-state index contributed by atoms with van der Waals surface area (Å²) in [6.07, 6.45) is 0. The Morgan fingerprint density at radius 3 is 2.31 bits per heavy atom. The van der Waals surface area contributed by atoms with Crippen LogP contribution in [0.5, 0.6) is 0 Å². The lowest BCUT2D eigenvalue weighted by Crippen LogP contribution is -2.05. The van der Waals surface area contributed by atoms with Crippen LogP contribution in [-0.4, -0.2) is 5.91 Å². The zero-order valence-corrected chi connectivity index (χ0v) is 11.7. The number of hydrogen-bond donors (Lipinski definition) is 1. The Balaban J connectivity index is 2.61. The summed E-state index contributed by atoms with van der Waals surface area (Å²) in [5.41, 5.74) is 0.804. The second kappa shape index (κ2) is 4.55. The molecule has 1 amide bonds. The van der Waals surface area contributed by atoms with Crippen molar-refractivity contribution >= 4 is 54.2 Å². The summed E-state index contributed by atoms with van der Waals surface area (Å²) >= 11 is 7.00. The minimum Gasteiger partial charge on any atom is -0.326 e. The van der Waals surface area contributed by atoms with E-state index in [0.29, 0.717) is 0 Å². The highest BCUT2D eigenvalue weighted by atomic mass is 79.9. The zero-order chi connectivity index (χ0) is 11.7. The highest BCUT2D eigenvalue weighted by Crippen LogP contribution is 2.32. The lowest BCUT2D eigenvalue weighted by atomic mass is 10.1. The third-order valence-electron chi connectivity index (χ3n) is 2.23. The molecule has 2 aromatic rings. The van der Waals surface area contributed by atoms with Gasteiger partial charge < -0.3 is 5.32 Å². The number of rotatable bonds is 1. The van der Waals surface area contributed by atoms with Gasteiger partial charge in [-0.25, -0.2) is 0 Å². The quantitative estimate of drug-likeness (QED) is 0.821. The minimum atomic E-state index is -0.0644. The van der Waals surface area contributed by atoms with Crippen LogP contribution >= 0.6 is 31.9 Å². The Morgan fingerprint density at radius 1 is 1.06 bits per heavy atom. The summed E-state index contributed by atoms with van der Waals surface area (Å²) in [5, 5.41) is 4.95. The molecule has 2 aromatic carbocycles. The van der Waals surface area contributed by atoms with E-state index in [1.807, 2.05) is 30.3 Å². The highest BCUT2D eigenvalue weighted by Gasteiger charge is 2.04. The number of nitrogens with one attached hydrogen (secondary N) is 1. The van der Waals surface area contributed by atoms with Crippen molar-refractivity contribution in [2.24, 2.45) is 0 Å². The molecule has 16 heavy (non-hydrogen) atoms. The Bertz CT molecular complexity index is 566. The smallest absolute Gasteiger partial charge is 0.221 e. The molecule has 0 fully saturated rings. The van der Waals surface area contributed by atoms with Gasteiger partial charge in [-0.15, -0.1) is 0 Å². The van der Waals surface area contributed by atoms with E-state index in [9.17, 15) is 4.79 Å². The molecule has 0 saturated carbocycles. The summed E-state index contributed by atoms with van der Waals surface area (Å²) in [6.45, 7) is 1.50. The van der Waals surface area contributed by atoms with Gasteiger partial charge >= 0.3 is 0 Å². The van der Waals surface area contributed by atoms with Crippen LogP contribution in [0.15, 0.2) is 39.3 Å². The first-order valence-electron chi connectivity index (χ1n) is 4.73. The second-order valence-electron chi connectivity index (χ2n) is 3.47. The first-order chi connectivity index (χ1) is 7.58. The van der Waals surface area contributed by atoms with Crippen molar-refractivity contribution < 1.29 is 4.79 Å². The van der Waals surface area contributed by atoms with E-state index in [2.05, 4.69) is 37.2 Å². The maximum atomic E-state index is 11.0. The van der Waals surface area contributed by atoms with E-state index in [1.165, 1.54) is 6.92 Å². The molecule has 4 heteroatoms. The van der Waals surface area contributed by atoms with Gasteiger partial charge in [0.05, 0.1) is 0 Å². The van der Waals surface area contributed by atoms with Gasteiger partial charge in [0, 0.05) is 21.6 Å². The van der Waals surface area contributed by atoms with Crippen molar-refractivity contribution in [1.82, 2.24) is 0 Å². The van der Waals surface area contributed by atoms with Gasteiger partial charge in [0.1, 0.15) is 0 Å². The van der Waals surface area contributed by atoms with Crippen molar-refractivity contribution in [1.29, 1.82) is 0 Å². The summed E-state index contributed by atoms with van der Waals surface area (Å²) < 4.78 is 2.05. The predicted molar refractivity (Wildman–Crippen MR) is 73.7 cm³/mol. The van der Waals surface area contributed by atoms with Crippen molar-refractivity contribution in [2.75, 3.05) is 5.32 Å². The number of carbonyl (C=O) groups excluding carboxylic acids is 1. The fraction of sp³-hybridized carbons (Fsp3) is 0.0833. The van der Waals surface area contributed by atoms with Crippen molar-refractivity contribution in [2.45, 2.75) is 6.92 Å². The largest absolute Gasteiger partial charge is 0.326 e. The van der Waals surface area contributed by atoms with Gasteiger partial charge in [-0.2, -0.15) is 0 Å². The fourth-order valence-electron chi connectivity index (χ4n) is 1.56.